The van der Waals surface area contributed by atoms with Crippen LogP contribution in [-0.4, -0.2) is 37.1 Å². The Kier molecular flexibility index (Phi) is 4.80. The molecule has 104 valence electrons. The van der Waals surface area contributed by atoms with E-state index in [0.717, 1.165) is 12.1 Å². The van der Waals surface area contributed by atoms with Crippen LogP contribution in [0.2, 0.25) is 0 Å². The predicted molar refractivity (Wildman–Crippen MR) is 65.3 cm³/mol. The lowest BCUT2D eigenvalue weighted by Crippen LogP contribution is -2.36. The van der Waals surface area contributed by atoms with Crippen LogP contribution in [0.4, 0.5) is 14.5 Å². The van der Waals surface area contributed by atoms with Crippen LogP contribution < -0.4 is 10.2 Å². The summed E-state index contributed by atoms with van der Waals surface area (Å²) in [6, 6.07) is 1.46. The van der Waals surface area contributed by atoms with Gasteiger partial charge in [-0.05, 0) is 19.1 Å². The predicted octanol–water partition coefficient (Wildman–Crippen LogP) is 1.24. The number of carbonyl (C=O) groups excluding carboxylic acids is 1. The molecule has 0 radical (unpaired) electrons. The molecular weight excluding hydrogens is 258 g/mol. The number of carboxylic acid groups (broad SMARTS) is 1. The maximum Gasteiger partial charge on any atom is 0.335 e. The van der Waals surface area contributed by atoms with Crippen LogP contribution in [0.25, 0.3) is 0 Å². The van der Waals surface area contributed by atoms with E-state index in [-0.39, 0.29) is 13.1 Å². The van der Waals surface area contributed by atoms with Gasteiger partial charge in [0.25, 0.3) is 0 Å². The van der Waals surface area contributed by atoms with E-state index in [1.807, 2.05) is 0 Å². The summed E-state index contributed by atoms with van der Waals surface area (Å²) in [5.74, 6) is -3.84. The van der Waals surface area contributed by atoms with E-state index >= 15 is 0 Å². The quantitative estimate of drug-likeness (QED) is 0.846. The molecule has 7 heteroatoms. The Bertz CT molecular complexity index is 483. The molecule has 0 spiro atoms. The van der Waals surface area contributed by atoms with Gasteiger partial charge >= 0.3 is 5.97 Å². The number of carboxylic acids is 1. The van der Waals surface area contributed by atoms with Crippen LogP contribution in [0.5, 0.6) is 0 Å². The van der Waals surface area contributed by atoms with Crippen LogP contribution in [0.15, 0.2) is 12.1 Å². The number of rotatable bonds is 5. The van der Waals surface area contributed by atoms with Crippen LogP contribution >= 0.6 is 0 Å². The molecule has 1 rings (SSSR count). The van der Waals surface area contributed by atoms with E-state index in [1.54, 1.807) is 6.92 Å². The Morgan fingerprint density at radius 2 is 1.84 bits per heavy atom. The van der Waals surface area contributed by atoms with E-state index in [2.05, 4.69) is 5.32 Å². The Hall–Kier alpha value is -2.18. The third-order valence-electron chi connectivity index (χ3n) is 2.58. The molecule has 0 saturated heterocycles. The third kappa shape index (κ3) is 3.40. The monoisotopic (exact) mass is 272 g/mol. The minimum Gasteiger partial charge on any atom is -0.478 e. The molecule has 0 aromatic heterocycles. The SMILES string of the molecule is CCN(CC(=O)NC)c1c(F)cc(C(=O)O)cc1F. The normalized spacial score (nSPS) is 10.1. The number of aromatic carboxylic acids is 1. The van der Waals surface area contributed by atoms with Crippen molar-refractivity contribution in [1.29, 1.82) is 0 Å². The van der Waals surface area contributed by atoms with Crippen LogP contribution in [-0.2, 0) is 4.79 Å². The number of amides is 1. The van der Waals surface area contributed by atoms with E-state index in [9.17, 15) is 18.4 Å². The van der Waals surface area contributed by atoms with Gasteiger partial charge in [-0.1, -0.05) is 0 Å². The molecule has 0 unspecified atom stereocenters. The Morgan fingerprint density at radius 3 is 2.21 bits per heavy atom. The number of nitrogens with one attached hydrogen (secondary N) is 1. The molecule has 0 bridgehead atoms. The van der Waals surface area contributed by atoms with Crippen molar-refractivity contribution in [2.45, 2.75) is 6.92 Å². The van der Waals surface area contributed by atoms with Gasteiger partial charge < -0.3 is 15.3 Å². The maximum absolute atomic E-state index is 13.8. The molecule has 0 aliphatic rings. The minimum absolute atomic E-state index is 0.202. The number of nitrogens with zero attached hydrogens (tertiary/aromatic N) is 1. The number of hydrogen-bond donors (Lipinski definition) is 2. The molecular formula is C12H14F2N2O3. The molecule has 1 aromatic rings. The first-order chi connectivity index (χ1) is 8.90. The van der Waals surface area contributed by atoms with Gasteiger partial charge in [0, 0.05) is 13.6 Å². The Morgan fingerprint density at radius 1 is 1.32 bits per heavy atom. The summed E-state index contributed by atoms with van der Waals surface area (Å²) in [4.78, 5) is 23.1. The van der Waals surface area contributed by atoms with Gasteiger partial charge in [-0.3, -0.25) is 4.79 Å². The topological polar surface area (TPSA) is 69.6 Å². The van der Waals surface area contributed by atoms with Crippen molar-refractivity contribution in [2.24, 2.45) is 0 Å². The number of carbonyl (C=O) groups is 2. The van der Waals surface area contributed by atoms with Crippen molar-refractivity contribution in [3.8, 4) is 0 Å². The lowest BCUT2D eigenvalue weighted by molar-refractivity contribution is -0.119. The van der Waals surface area contributed by atoms with Gasteiger partial charge in [0.1, 0.15) is 17.3 Å². The molecule has 0 aliphatic carbocycles. The first-order valence-electron chi connectivity index (χ1n) is 5.58. The lowest BCUT2D eigenvalue weighted by atomic mass is 10.1. The average Bonchev–Trinajstić information content (AvgIpc) is 2.35. The van der Waals surface area contributed by atoms with Crippen molar-refractivity contribution >= 4 is 17.6 Å². The fourth-order valence-electron chi connectivity index (χ4n) is 1.59. The molecule has 1 aromatic carbocycles. The van der Waals surface area contributed by atoms with Crippen molar-refractivity contribution in [2.75, 3.05) is 25.0 Å². The second-order valence-electron chi connectivity index (χ2n) is 3.78. The van der Waals surface area contributed by atoms with Crippen LogP contribution in [0, 0.1) is 11.6 Å². The van der Waals surface area contributed by atoms with E-state index < -0.39 is 34.8 Å². The summed E-state index contributed by atoms with van der Waals surface area (Å²) in [5, 5.41) is 11.0. The Labute approximate surface area is 108 Å². The average molecular weight is 272 g/mol. The molecule has 2 N–H and O–H groups in total. The molecule has 0 aliphatic heterocycles. The second kappa shape index (κ2) is 6.12. The molecule has 5 nitrogen and oxygen atoms in total. The third-order valence-corrected chi connectivity index (χ3v) is 2.58. The standard InChI is InChI=1S/C12H14F2N2O3/c1-3-16(6-10(17)15-2)11-8(13)4-7(12(18)19)5-9(11)14/h4-5H,3,6H2,1-2H3,(H,15,17)(H,18,19). The molecule has 0 saturated carbocycles. The van der Waals surface area contributed by atoms with Crippen molar-refractivity contribution in [3.05, 3.63) is 29.3 Å². The van der Waals surface area contributed by atoms with Gasteiger partial charge in [0.2, 0.25) is 5.91 Å². The van der Waals surface area contributed by atoms with E-state index in [1.165, 1.54) is 11.9 Å². The molecule has 0 fully saturated rings. The number of anilines is 1. The van der Waals surface area contributed by atoms with Gasteiger partial charge in [-0.2, -0.15) is 0 Å². The summed E-state index contributed by atoms with van der Waals surface area (Å²) < 4.78 is 27.6. The fourth-order valence-corrected chi connectivity index (χ4v) is 1.59. The van der Waals surface area contributed by atoms with Gasteiger partial charge in [-0.15, -0.1) is 0 Å². The highest BCUT2D eigenvalue weighted by Crippen LogP contribution is 2.24. The van der Waals surface area contributed by atoms with Crippen molar-refractivity contribution in [1.82, 2.24) is 5.32 Å². The van der Waals surface area contributed by atoms with Gasteiger partial charge in [0.15, 0.2) is 0 Å². The van der Waals surface area contributed by atoms with Crippen molar-refractivity contribution < 1.29 is 23.5 Å². The summed E-state index contributed by atoms with van der Waals surface area (Å²) in [6.45, 7) is 1.62. The van der Waals surface area contributed by atoms with E-state index in [0.29, 0.717) is 0 Å². The first kappa shape index (κ1) is 14.9. The van der Waals surface area contributed by atoms with E-state index in [4.69, 9.17) is 5.11 Å². The van der Waals surface area contributed by atoms with Gasteiger partial charge in [0.05, 0.1) is 12.1 Å². The number of benzene rings is 1. The zero-order chi connectivity index (χ0) is 14.6. The zero-order valence-corrected chi connectivity index (χ0v) is 10.5. The second-order valence-corrected chi connectivity index (χ2v) is 3.78. The lowest BCUT2D eigenvalue weighted by Gasteiger charge is -2.23. The number of likely N-dealkylation sites (N-methyl/N-ethyl adjacent to an activating group) is 2. The summed E-state index contributed by atoms with van der Waals surface area (Å²) in [7, 11) is 1.41. The van der Waals surface area contributed by atoms with Crippen LogP contribution in [0.3, 0.4) is 0 Å². The smallest absolute Gasteiger partial charge is 0.335 e. The van der Waals surface area contributed by atoms with Crippen molar-refractivity contribution in [3.63, 3.8) is 0 Å². The summed E-state index contributed by atoms with van der Waals surface area (Å²) in [5.41, 5.74) is -0.883. The maximum atomic E-state index is 13.8. The number of hydrogen-bond acceptors (Lipinski definition) is 3. The summed E-state index contributed by atoms with van der Waals surface area (Å²) in [6.07, 6.45) is 0. The first-order valence-corrected chi connectivity index (χ1v) is 5.58. The molecule has 1 amide bonds. The summed E-state index contributed by atoms with van der Waals surface area (Å²) >= 11 is 0. The molecule has 0 heterocycles. The minimum atomic E-state index is -1.42. The largest absolute Gasteiger partial charge is 0.478 e. The highest BCUT2D eigenvalue weighted by Gasteiger charge is 2.20. The zero-order valence-electron chi connectivity index (χ0n) is 10.5. The fraction of sp³-hybridized carbons (Fsp3) is 0.333. The molecule has 0 atom stereocenters. The van der Waals surface area contributed by atoms with Crippen LogP contribution in [0.1, 0.15) is 17.3 Å². The highest BCUT2D eigenvalue weighted by molar-refractivity contribution is 5.88. The van der Waals surface area contributed by atoms with Gasteiger partial charge in [-0.25, -0.2) is 13.6 Å². The highest BCUT2D eigenvalue weighted by atomic mass is 19.1. The molecule has 19 heavy (non-hydrogen) atoms. The number of halogens is 2. The Balaban J connectivity index is 3.17.